The summed E-state index contributed by atoms with van der Waals surface area (Å²) in [5.41, 5.74) is 0.793. The smallest absolute Gasteiger partial charge is 0.308 e. The Hall–Kier alpha value is -1.91. The van der Waals surface area contributed by atoms with Crippen molar-refractivity contribution >= 4 is 37.5 Å². The summed E-state index contributed by atoms with van der Waals surface area (Å²) in [6.07, 6.45) is -0.845. The number of carbonyl (C=O) groups is 1. The summed E-state index contributed by atoms with van der Waals surface area (Å²) in [7, 11) is 0. The molecule has 1 heterocycles. The third-order valence-electron chi connectivity index (χ3n) is 3.46. The molecule has 1 unspecified atom stereocenters. The molecule has 0 amide bonds. The fraction of sp³-hybridized carbons (Fsp3) is 0.235. The predicted molar refractivity (Wildman–Crippen MR) is 85.5 cm³/mol. The molecule has 1 atom stereocenters. The first-order valence-electron chi connectivity index (χ1n) is 6.94. The molecule has 0 bridgehead atoms. The van der Waals surface area contributed by atoms with Crippen LogP contribution < -0.4 is 0 Å². The van der Waals surface area contributed by atoms with Crippen molar-refractivity contribution in [1.82, 2.24) is 0 Å². The number of aliphatic hydroxyl groups is 1. The lowest BCUT2D eigenvalue weighted by atomic mass is 10.0. The molecule has 4 heteroatoms. The number of esters is 1. The number of carbonyl (C=O) groups excluding carboxylic acids is 1. The van der Waals surface area contributed by atoms with Gasteiger partial charge in [0.15, 0.2) is 0 Å². The Labute approximate surface area is 126 Å². The zero-order chi connectivity index (χ0) is 14.8. The number of rotatable bonds is 4. The molecule has 108 valence electrons. The van der Waals surface area contributed by atoms with E-state index in [-0.39, 0.29) is 12.4 Å². The minimum absolute atomic E-state index is 0.0127. The monoisotopic (exact) mass is 300 g/mol. The second kappa shape index (κ2) is 5.84. The van der Waals surface area contributed by atoms with Gasteiger partial charge >= 0.3 is 5.97 Å². The highest BCUT2D eigenvalue weighted by atomic mass is 32.1. The van der Waals surface area contributed by atoms with Crippen molar-refractivity contribution in [2.75, 3.05) is 6.61 Å². The SMILES string of the molecule is CCOC(=O)CC(O)c1cccc2c1sc1ccccc12. The highest BCUT2D eigenvalue weighted by molar-refractivity contribution is 7.26. The molecule has 0 aliphatic heterocycles. The summed E-state index contributed by atoms with van der Waals surface area (Å²) in [5.74, 6) is -0.372. The van der Waals surface area contributed by atoms with Gasteiger partial charge in [0.05, 0.1) is 19.1 Å². The molecule has 3 rings (SSSR count). The third-order valence-corrected chi connectivity index (χ3v) is 4.69. The minimum Gasteiger partial charge on any atom is -0.466 e. The predicted octanol–water partition coefficient (Wildman–Crippen LogP) is 4.04. The van der Waals surface area contributed by atoms with Gasteiger partial charge in [0.25, 0.3) is 0 Å². The molecule has 1 aromatic heterocycles. The van der Waals surface area contributed by atoms with Gasteiger partial charge < -0.3 is 9.84 Å². The van der Waals surface area contributed by atoms with Crippen LogP contribution in [0.15, 0.2) is 42.5 Å². The summed E-state index contributed by atoms with van der Waals surface area (Å²) >= 11 is 1.64. The first kappa shape index (κ1) is 14.0. The number of hydrogen-bond acceptors (Lipinski definition) is 4. The van der Waals surface area contributed by atoms with Gasteiger partial charge in [0.2, 0.25) is 0 Å². The van der Waals surface area contributed by atoms with Crippen molar-refractivity contribution in [1.29, 1.82) is 0 Å². The van der Waals surface area contributed by atoms with Gasteiger partial charge in [-0.3, -0.25) is 4.79 Å². The molecule has 1 N–H and O–H groups in total. The largest absolute Gasteiger partial charge is 0.466 e. The Bertz CT molecular complexity index is 791. The van der Waals surface area contributed by atoms with Crippen molar-refractivity contribution in [3.8, 4) is 0 Å². The van der Waals surface area contributed by atoms with E-state index in [4.69, 9.17) is 4.74 Å². The van der Waals surface area contributed by atoms with Crippen LogP contribution in [0.1, 0.15) is 25.0 Å². The number of benzene rings is 2. The average molecular weight is 300 g/mol. The number of hydrogen-bond donors (Lipinski definition) is 1. The molecule has 0 spiro atoms. The molecular formula is C17H16O3S. The molecule has 0 aliphatic carbocycles. The van der Waals surface area contributed by atoms with E-state index in [2.05, 4.69) is 18.2 Å². The van der Waals surface area contributed by atoms with Crippen molar-refractivity contribution in [3.63, 3.8) is 0 Å². The first-order valence-corrected chi connectivity index (χ1v) is 7.76. The molecule has 3 aromatic rings. The highest BCUT2D eigenvalue weighted by Crippen LogP contribution is 2.38. The van der Waals surface area contributed by atoms with Crippen LogP contribution in [0.3, 0.4) is 0 Å². The molecule has 0 fully saturated rings. The zero-order valence-corrected chi connectivity index (χ0v) is 12.5. The van der Waals surface area contributed by atoms with Gasteiger partial charge in [-0.2, -0.15) is 0 Å². The number of fused-ring (bicyclic) bond motifs is 3. The van der Waals surface area contributed by atoms with Crippen LogP contribution in [0.5, 0.6) is 0 Å². The van der Waals surface area contributed by atoms with Crippen LogP contribution in [0.4, 0.5) is 0 Å². The zero-order valence-electron chi connectivity index (χ0n) is 11.7. The lowest BCUT2D eigenvalue weighted by Crippen LogP contribution is -2.10. The Kier molecular flexibility index (Phi) is 3.90. The van der Waals surface area contributed by atoms with Crippen LogP contribution in [-0.2, 0) is 9.53 Å². The number of ether oxygens (including phenoxy) is 1. The van der Waals surface area contributed by atoms with E-state index in [0.717, 1.165) is 15.6 Å². The van der Waals surface area contributed by atoms with Crippen molar-refractivity contribution in [2.24, 2.45) is 0 Å². The average Bonchev–Trinajstić information content (AvgIpc) is 2.85. The highest BCUT2D eigenvalue weighted by Gasteiger charge is 2.18. The quantitative estimate of drug-likeness (QED) is 0.740. The summed E-state index contributed by atoms with van der Waals surface area (Å²) in [6.45, 7) is 2.09. The number of aliphatic hydroxyl groups excluding tert-OH is 1. The Balaban J connectivity index is 2.04. The summed E-state index contributed by atoms with van der Waals surface area (Å²) in [5, 5.41) is 12.7. The second-order valence-corrected chi connectivity index (χ2v) is 5.90. The van der Waals surface area contributed by atoms with Crippen molar-refractivity contribution < 1.29 is 14.6 Å². The van der Waals surface area contributed by atoms with Gasteiger partial charge in [0, 0.05) is 20.2 Å². The van der Waals surface area contributed by atoms with Gasteiger partial charge in [-0.25, -0.2) is 0 Å². The molecule has 0 saturated heterocycles. The number of thiophene rings is 1. The maximum absolute atomic E-state index is 11.6. The molecular weight excluding hydrogens is 284 g/mol. The summed E-state index contributed by atoms with van der Waals surface area (Å²) in [6, 6.07) is 14.0. The van der Waals surface area contributed by atoms with Gasteiger partial charge in [-0.1, -0.05) is 36.4 Å². The summed E-state index contributed by atoms with van der Waals surface area (Å²) in [4.78, 5) is 11.6. The van der Waals surface area contributed by atoms with Crippen LogP contribution in [0.25, 0.3) is 20.2 Å². The van der Waals surface area contributed by atoms with E-state index in [1.54, 1.807) is 18.3 Å². The minimum atomic E-state index is -0.833. The summed E-state index contributed by atoms with van der Waals surface area (Å²) < 4.78 is 7.13. The molecule has 0 radical (unpaired) electrons. The standard InChI is InChI=1S/C17H16O3S/c1-2-20-16(19)10-14(18)13-8-5-7-12-11-6-3-4-9-15(11)21-17(12)13/h3-9,14,18H,2,10H2,1H3. The molecule has 3 nitrogen and oxygen atoms in total. The lowest BCUT2D eigenvalue weighted by molar-refractivity contribution is -0.145. The van der Waals surface area contributed by atoms with E-state index in [0.29, 0.717) is 6.61 Å². The topological polar surface area (TPSA) is 46.5 Å². The Morgan fingerprint density at radius 3 is 2.76 bits per heavy atom. The van der Waals surface area contributed by atoms with E-state index in [1.807, 2.05) is 24.3 Å². The van der Waals surface area contributed by atoms with Crippen LogP contribution in [0, 0.1) is 0 Å². The molecule has 2 aromatic carbocycles. The van der Waals surface area contributed by atoms with Crippen molar-refractivity contribution in [3.05, 3.63) is 48.0 Å². The second-order valence-electron chi connectivity index (χ2n) is 4.85. The Morgan fingerprint density at radius 2 is 1.95 bits per heavy atom. The van der Waals surface area contributed by atoms with Crippen LogP contribution in [0.2, 0.25) is 0 Å². The fourth-order valence-corrected chi connectivity index (χ4v) is 3.78. The van der Waals surface area contributed by atoms with E-state index in [1.165, 1.54) is 10.1 Å². The van der Waals surface area contributed by atoms with Crippen molar-refractivity contribution in [2.45, 2.75) is 19.4 Å². The van der Waals surface area contributed by atoms with E-state index < -0.39 is 6.10 Å². The van der Waals surface area contributed by atoms with Gasteiger partial charge in [0.1, 0.15) is 0 Å². The molecule has 0 saturated carbocycles. The fourth-order valence-electron chi connectivity index (χ4n) is 2.52. The van der Waals surface area contributed by atoms with Crippen LogP contribution in [-0.4, -0.2) is 17.7 Å². The van der Waals surface area contributed by atoms with Gasteiger partial charge in [-0.05, 0) is 18.6 Å². The Morgan fingerprint density at radius 1 is 1.19 bits per heavy atom. The van der Waals surface area contributed by atoms with Gasteiger partial charge in [-0.15, -0.1) is 11.3 Å². The maximum atomic E-state index is 11.6. The maximum Gasteiger partial charge on any atom is 0.308 e. The first-order chi connectivity index (χ1) is 10.2. The molecule has 21 heavy (non-hydrogen) atoms. The normalized spacial score (nSPS) is 12.7. The molecule has 0 aliphatic rings. The van der Waals surface area contributed by atoms with E-state index >= 15 is 0 Å². The van der Waals surface area contributed by atoms with E-state index in [9.17, 15) is 9.90 Å². The van der Waals surface area contributed by atoms with Crippen LogP contribution >= 0.6 is 11.3 Å². The lowest BCUT2D eigenvalue weighted by Gasteiger charge is -2.11. The third kappa shape index (κ3) is 2.64.